The van der Waals surface area contributed by atoms with Crippen LogP contribution in [-0.4, -0.2) is 32.1 Å². The number of amides is 1. The van der Waals surface area contributed by atoms with Crippen LogP contribution in [0.5, 0.6) is 5.75 Å². The van der Waals surface area contributed by atoms with Gasteiger partial charge in [0.15, 0.2) is 10.8 Å². The number of benzene rings is 1. The number of rotatable bonds is 4. The Morgan fingerprint density at radius 3 is 2.92 bits per heavy atom. The normalized spacial score (nSPS) is 11.2. The maximum absolute atomic E-state index is 12.7. The molecule has 1 amide bonds. The number of hydrogen-bond acceptors (Lipinski definition) is 6. The largest absolute Gasteiger partial charge is 0.494 e. The van der Waals surface area contributed by atoms with E-state index in [1.165, 1.54) is 17.5 Å². The van der Waals surface area contributed by atoms with Gasteiger partial charge in [-0.2, -0.15) is 5.10 Å². The fourth-order valence-corrected chi connectivity index (χ4v) is 3.70. The summed E-state index contributed by atoms with van der Waals surface area (Å²) in [6.07, 6.45) is 1.53. The quantitative estimate of drug-likeness (QED) is 0.596. The second-order valence-corrected chi connectivity index (χ2v) is 6.90. The number of anilines is 1. The molecule has 0 aliphatic heterocycles. The summed E-state index contributed by atoms with van der Waals surface area (Å²) in [4.78, 5) is 21.6. The third kappa shape index (κ3) is 2.88. The summed E-state index contributed by atoms with van der Waals surface area (Å²) in [6.45, 7) is 6.37. The Balaban J connectivity index is 1.65. The van der Waals surface area contributed by atoms with Gasteiger partial charge in [-0.25, -0.2) is 14.5 Å². The summed E-state index contributed by atoms with van der Waals surface area (Å²) in [6, 6.07) is 7.61. The number of ether oxygens (including phenoxy) is 1. The molecule has 0 aliphatic carbocycles. The topological polar surface area (TPSA) is 81.4 Å². The van der Waals surface area contributed by atoms with Crippen LogP contribution in [0, 0.1) is 13.8 Å². The number of carbonyl (C=O) groups is 1. The highest BCUT2D eigenvalue weighted by Gasteiger charge is 2.17. The lowest BCUT2D eigenvalue weighted by molar-refractivity contribution is 0.102. The van der Waals surface area contributed by atoms with Gasteiger partial charge in [0, 0.05) is 11.4 Å². The van der Waals surface area contributed by atoms with Gasteiger partial charge in [0.25, 0.3) is 5.91 Å². The molecule has 0 unspecified atom stereocenters. The third-order valence-corrected chi connectivity index (χ3v) is 4.85. The number of fused-ring (bicyclic) bond motifs is 2. The molecule has 7 nitrogen and oxygen atoms in total. The Labute approximate surface area is 153 Å². The van der Waals surface area contributed by atoms with Gasteiger partial charge in [0.05, 0.1) is 23.0 Å². The molecular weight excluding hydrogens is 350 g/mol. The maximum Gasteiger partial charge on any atom is 0.262 e. The number of hydrogen-bond donors (Lipinski definition) is 1. The Morgan fingerprint density at radius 1 is 1.27 bits per heavy atom. The van der Waals surface area contributed by atoms with E-state index >= 15 is 0 Å². The molecule has 0 saturated carbocycles. The lowest BCUT2D eigenvalue weighted by Gasteiger charge is -2.02. The first-order valence-corrected chi connectivity index (χ1v) is 9.03. The van der Waals surface area contributed by atoms with Crippen LogP contribution in [0.15, 0.2) is 30.5 Å². The van der Waals surface area contributed by atoms with E-state index < -0.39 is 0 Å². The monoisotopic (exact) mass is 367 g/mol. The Bertz CT molecular complexity index is 1130. The van der Waals surface area contributed by atoms with E-state index in [0.717, 1.165) is 27.4 Å². The van der Waals surface area contributed by atoms with Gasteiger partial charge >= 0.3 is 0 Å². The Morgan fingerprint density at radius 2 is 2.12 bits per heavy atom. The van der Waals surface area contributed by atoms with E-state index in [0.29, 0.717) is 22.9 Å². The smallest absolute Gasteiger partial charge is 0.262 e. The van der Waals surface area contributed by atoms with E-state index in [9.17, 15) is 4.79 Å². The van der Waals surface area contributed by atoms with Crippen molar-refractivity contribution < 1.29 is 9.53 Å². The van der Waals surface area contributed by atoms with Crippen molar-refractivity contribution in [3.05, 3.63) is 47.4 Å². The van der Waals surface area contributed by atoms with Crippen LogP contribution >= 0.6 is 11.3 Å². The molecule has 0 fully saturated rings. The highest BCUT2D eigenvalue weighted by molar-refractivity contribution is 7.22. The molecule has 8 heteroatoms. The van der Waals surface area contributed by atoms with Crippen LogP contribution in [0.3, 0.4) is 0 Å². The van der Waals surface area contributed by atoms with Crippen molar-refractivity contribution in [2.45, 2.75) is 20.8 Å². The third-order valence-electron chi connectivity index (χ3n) is 3.91. The molecule has 3 aromatic heterocycles. The zero-order chi connectivity index (χ0) is 18.3. The van der Waals surface area contributed by atoms with Gasteiger partial charge < -0.3 is 4.74 Å². The second kappa shape index (κ2) is 6.38. The summed E-state index contributed by atoms with van der Waals surface area (Å²) in [7, 11) is 0. The molecule has 4 aromatic rings. The van der Waals surface area contributed by atoms with Gasteiger partial charge in [-0.3, -0.25) is 10.1 Å². The number of thiazole rings is 1. The summed E-state index contributed by atoms with van der Waals surface area (Å²) < 4.78 is 8.12. The first kappa shape index (κ1) is 16.5. The Hall–Kier alpha value is -3.00. The molecule has 0 bridgehead atoms. The fraction of sp³-hybridized carbons (Fsp3) is 0.222. The molecule has 0 saturated heterocycles. The average molecular weight is 367 g/mol. The number of nitrogens with zero attached hydrogens (tertiary/aromatic N) is 4. The molecule has 0 atom stereocenters. The molecule has 1 aromatic carbocycles. The Kier molecular flexibility index (Phi) is 4.04. The first-order valence-electron chi connectivity index (χ1n) is 8.22. The minimum atomic E-state index is -0.276. The van der Waals surface area contributed by atoms with Crippen molar-refractivity contribution in [2.75, 3.05) is 11.9 Å². The number of nitrogens with one attached hydrogen (secondary N) is 1. The van der Waals surface area contributed by atoms with Crippen molar-refractivity contribution in [3.8, 4) is 5.75 Å². The fourth-order valence-electron chi connectivity index (χ4n) is 2.81. The number of aromatic nitrogens is 4. The van der Waals surface area contributed by atoms with Crippen molar-refractivity contribution in [1.29, 1.82) is 0 Å². The summed E-state index contributed by atoms with van der Waals surface area (Å²) >= 11 is 1.40. The SMILES string of the molecule is CCOc1ccc2nc(NC(=O)c3cnn4c(C)cc(C)nc34)sc2c1. The van der Waals surface area contributed by atoms with Crippen LogP contribution in [0.1, 0.15) is 28.7 Å². The van der Waals surface area contributed by atoms with E-state index in [-0.39, 0.29) is 5.91 Å². The molecule has 26 heavy (non-hydrogen) atoms. The summed E-state index contributed by atoms with van der Waals surface area (Å²) in [5, 5.41) is 7.64. The first-order chi connectivity index (χ1) is 12.5. The van der Waals surface area contributed by atoms with Gasteiger partial charge in [0.1, 0.15) is 11.3 Å². The molecule has 3 heterocycles. The van der Waals surface area contributed by atoms with E-state index in [4.69, 9.17) is 4.74 Å². The lowest BCUT2D eigenvalue weighted by atomic mass is 10.3. The zero-order valence-electron chi connectivity index (χ0n) is 14.6. The number of carbonyl (C=O) groups excluding carboxylic acids is 1. The van der Waals surface area contributed by atoms with Gasteiger partial charge in [-0.05, 0) is 45.0 Å². The van der Waals surface area contributed by atoms with Crippen LogP contribution < -0.4 is 10.1 Å². The number of aryl methyl sites for hydroxylation is 2. The molecule has 1 N–H and O–H groups in total. The van der Waals surface area contributed by atoms with Gasteiger partial charge in [-0.15, -0.1) is 0 Å². The lowest BCUT2D eigenvalue weighted by Crippen LogP contribution is -2.12. The average Bonchev–Trinajstić information content (AvgIpc) is 3.18. The predicted molar refractivity (Wildman–Crippen MR) is 101 cm³/mol. The highest BCUT2D eigenvalue weighted by atomic mass is 32.1. The summed E-state index contributed by atoms with van der Waals surface area (Å²) in [5.74, 6) is 0.515. The highest BCUT2D eigenvalue weighted by Crippen LogP contribution is 2.29. The van der Waals surface area contributed by atoms with Crippen molar-refractivity contribution in [1.82, 2.24) is 19.6 Å². The molecule has 4 rings (SSSR count). The van der Waals surface area contributed by atoms with Gasteiger partial charge in [0.2, 0.25) is 0 Å². The van der Waals surface area contributed by atoms with E-state index in [1.54, 1.807) is 4.52 Å². The molecular formula is C18H17N5O2S. The minimum absolute atomic E-state index is 0.276. The predicted octanol–water partition coefficient (Wildman–Crippen LogP) is 3.61. The van der Waals surface area contributed by atoms with Crippen LogP contribution in [0.2, 0.25) is 0 Å². The van der Waals surface area contributed by atoms with Gasteiger partial charge in [-0.1, -0.05) is 11.3 Å². The van der Waals surface area contributed by atoms with E-state index in [1.807, 2.05) is 45.0 Å². The van der Waals surface area contributed by atoms with Crippen LogP contribution in [-0.2, 0) is 0 Å². The summed E-state index contributed by atoms with van der Waals surface area (Å²) in [5.41, 5.74) is 3.55. The van der Waals surface area contributed by atoms with Crippen LogP contribution in [0.4, 0.5) is 5.13 Å². The standard InChI is InChI=1S/C18H17N5O2S/c1-4-25-12-5-6-14-15(8-12)26-18(21-14)22-17(24)13-9-19-23-11(3)7-10(2)20-16(13)23/h5-9H,4H2,1-3H3,(H,21,22,24). The van der Waals surface area contributed by atoms with Crippen molar-refractivity contribution >= 4 is 38.2 Å². The second-order valence-electron chi connectivity index (χ2n) is 5.87. The molecule has 132 valence electrons. The van der Waals surface area contributed by atoms with E-state index in [2.05, 4.69) is 20.4 Å². The van der Waals surface area contributed by atoms with Crippen molar-refractivity contribution in [2.24, 2.45) is 0 Å². The maximum atomic E-state index is 12.7. The minimum Gasteiger partial charge on any atom is -0.494 e. The molecule has 0 radical (unpaired) electrons. The molecule has 0 spiro atoms. The molecule has 0 aliphatic rings. The van der Waals surface area contributed by atoms with Crippen molar-refractivity contribution in [3.63, 3.8) is 0 Å². The zero-order valence-corrected chi connectivity index (χ0v) is 15.4. The van der Waals surface area contributed by atoms with Crippen LogP contribution in [0.25, 0.3) is 15.9 Å².